The summed E-state index contributed by atoms with van der Waals surface area (Å²) in [6, 6.07) is 7.20. The summed E-state index contributed by atoms with van der Waals surface area (Å²) in [5.41, 5.74) is 1.80. The maximum absolute atomic E-state index is 12.3. The molecule has 1 aromatic carbocycles. The van der Waals surface area contributed by atoms with Gasteiger partial charge in [-0.25, -0.2) is 4.79 Å². The molecule has 1 atom stereocenters. The van der Waals surface area contributed by atoms with Crippen LogP contribution in [0.2, 0.25) is 0 Å². The molecule has 1 aliphatic carbocycles. The highest BCUT2D eigenvalue weighted by Gasteiger charge is 2.57. The second-order valence-electron chi connectivity index (χ2n) is 6.50. The van der Waals surface area contributed by atoms with E-state index in [2.05, 4.69) is 10.6 Å². The van der Waals surface area contributed by atoms with Crippen molar-refractivity contribution < 1.29 is 14.3 Å². The summed E-state index contributed by atoms with van der Waals surface area (Å²) < 4.78 is 4.96. The van der Waals surface area contributed by atoms with Crippen LogP contribution < -0.4 is 10.6 Å². The van der Waals surface area contributed by atoms with E-state index in [0.29, 0.717) is 18.7 Å². The molecule has 3 rings (SSSR count). The number of amides is 1. The molecule has 1 saturated carbocycles. The van der Waals surface area contributed by atoms with Gasteiger partial charge >= 0.3 is 5.97 Å². The maximum atomic E-state index is 12.3. The van der Waals surface area contributed by atoms with Crippen molar-refractivity contribution >= 4 is 24.3 Å². The van der Waals surface area contributed by atoms with E-state index in [0.717, 1.165) is 37.9 Å². The number of piperidine rings is 1. The summed E-state index contributed by atoms with van der Waals surface area (Å²) in [6.07, 6.45) is 3.25. The van der Waals surface area contributed by atoms with E-state index in [1.54, 1.807) is 19.1 Å². The van der Waals surface area contributed by atoms with E-state index in [-0.39, 0.29) is 35.6 Å². The third kappa shape index (κ3) is 4.08. The number of carbonyl (C=O) groups excluding carboxylic acids is 2. The van der Waals surface area contributed by atoms with Crippen LogP contribution in [0.25, 0.3) is 0 Å². The third-order valence-electron chi connectivity index (χ3n) is 5.04. The number of esters is 1. The van der Waals surface area contributed by atoms with Crippen molar-refractivity contribution in [2.75, 3.05) is 19.7 Å². The van der Waals surface area contributed by atoms with Crippen LogP contribution in [0.15, 0.2) is 24.3 Å². The molecule has 1 spiro atoms. The lowest BCUT2D eigenvalue weighted by molar-refractivity contribution is -0.123. The number of hydrogen-bond acceptors (Lipinski definition) is 4. The van der Waals surface area contributed by atoms with Gasteiger partial charge in [0.15, 0.2) is 0 Å². The van der Waals surface area contributed by atoms with Gasteiger partial charge in [0.1, 0.15) is 0 Å². The highest BCUT2D eigenvalue weighted by Crippen LogP contribution is 2.58. The summed E-state index contributed by atoms with van der Waals surface area (Å²) >= 11 is 0. The van der Waals surface area contributed by atoms with Crippen molar-refractivity contribution in [3.8, 4) is 0 Å². The lowest BCUT2D eigenvalue weighted by atomic mass is 9.92. The highest BCUT2D eigenvalue weighted by atomic mass is 35.5. The molecule has 6 heteroatoms. The maximum Gasteiger partial charge on any atom is 0.338 e. The van der Waals surface area contributed by atoms with Gasteiger partial charge < -0.3 is 15.4 Å². The minimum atomic E-state index is -0.311. The zero-order chi connectivity index (χ0) is 16.3. The molecule has 2 fully saturated rings. The molecular formula is C18H25ClN2O3. The number of benzene rings is 1. The fourth-order valence-electron chi connectivity index (χ4n) is 3.48. The van der Waals surface area contributed by atoms with E-state index in [1.807, 2.05) is 12.1 Å². The lowest BCUT2D eigenvalue weighted by Gasteiger charge is -2.23. The Labute approximate surface area is 148 Å². The van der Waals surface area contributed by atoms with Crippen LogP contribution in [0, 0.1) is 11.3 Å². The minimum absolute atomic E-state index is 0. The van der Waals surface area contributed by atoms with Gasteiger partial charge in [-0.1, -0.05) is 12.1 Å². The molecule has 0 bridgehead atoms. The van der Waals surface area contributed by atoms with Crippen molar-refractivity contribution in [1.82, 2.24) is 10.6 Å². The van der Waals surface area contributed by atoms with Gasteiger partial charge in [0.25, 0.3) is 0 Å². The van der Waals surface area contributed by atoms with Gasteiger partial charge in [0, 0.05) is 12.5 Å². The standard InChI is InChI=1S/C18H24N2O3.ClH/c1-2-23-17(22)14-5-3-13(4-6-14)12-20-16(21)15-11-18(15)7-9-19-10-8-18;/h3-6,15,19H,2,7-12H2,1H3,(H,20,21);1H. The van der Waals surface area contributed by atoms with E-state index in [9.17, 15) is 9.59 Å². The van der Waals surface area contributed by atoms with Crippen molar-refractivity contribution in [2.45, 2.75) is 32.7 Å². The van der Waals surface area contributed by atoms with Gasteiger partial charge in [-0.05, 0) is 62.4 Å². The first-order chi connectivity index (χ1) is 11.1. The van der Waals surface area contributed by atoms with Crippen LogP contribution in [0.1, 0.15) is 42.1 Å². The minimum Gasteiger partial charge on any atom is -0.462 e. The average molecular weight is 353 g/mol. The molecular weight excluding hydrogens is 328 g/mol. The molecule has 2 N–H and O–H groups in total. The van der Waals surface area contributed by atoms with E-state index in [1.165, 1.54) is 0 Å². The van der Waals surface area contributed by atoms with E-state index in [4.69, 9.17) is 4.74 Å². The molecule has 0 radical (unpaired) electrons. The molecule has 0 aromatic heterocycles. The zero-order valence-electron chi connectivity index (χ0n) is 14.0. The Morgan fingerprint density at radius 1 is 1.25 bits per heavy atom. The molecule has 1 heterocycles. The van der Waals surface area contributed by atoms with E-state index < -0.39 is 0 Å². The number of ether oxygens (including phenoxy) is 1. The molecule has 1 amide bonds. The summed E-state index contributed by atoms with van der Waals surface area (Å²) in [5, 5.41) is 6.38. The Kier molecular flexibility index (Phi) is 6.24. The number of rotatable bonds is 5. The first-order valence-electron chi connectivity index (χ1n) is 8.39. The van der Waals surface area contributed by atoms with E-state index >= 15 is 0 Å². The van der Waals surface area contributed by atoms with Gasteiger partial charge in [-0.2, -0.15) is 0 Å². The van der Waals surface area contributed by atoms with Crippen molar-refractivity contribution in [3.05, 3.63) is 35.4 Å². The molecule has 1 aliphatic heterocycles. The smallest absolute Gasteiger partial charge is 0.338 e. The Hall–Kier alpha value is -1.59. The van der Waals surface area contributed by atoms with Gasteiger partial charge in [0.2, 0.25) is 5.91 Å². The van der Waals surface area contributed by atoms with Gasteiger partial charge in [-0.3, -0.25) is 4.79 Å². The topological polar surface area (TPSA) is 67.4 Å². The second kappa shape index (κ2) is 7.99. The van der Waals surface area contributed by atoms with Crippen molar-refractivity contribution in [2.24, 2.45) is 11.3 Å². The molecule has 1 unspecified atom stereocenters. The summed E-state index contributed by atoms with van der Waals surface area (Å²) in [4.78, 5) is 23.9. The summed E-state index contributed by atoms with van der Waals surface area (Å²) in [7, 11) is 0. The van der Waals surface area contributed by atoms with Crippen LogP contribution in [0.5, 0.6) is 0 Å². The van der Waals surface area contributed by atoms with Crippen LogP contribution >= 0.6 is 12.4 Å². The molecule has 1 saturated heterocycles. The number of halogens is 1. The molecule has 24 heavy (non-hydrogen) atoms. The molecule has 132 valence electrons. The SMILES string of the molecule is CCOC(=O)c1ccc(CNC(=O)C2CC23CCNCC3)cc1.Cl. The van der Waals surface area contributed by atoms with Gasteiger partial charge in [-0.15, -0.1) is 12.4 Å². The number of carbonyl (C=O) groups is 2. The third-order valence-corrected chi connectivity index (χ3v) is 5.04. The summed E-state index contributed by atoms with van der Waals surface area (Å²) in [5.74, 6) is 0.0405. The fraction of sp³-hybridized carbons (Fsp3) is 0.556. The normalized spacial score (nSPS) is 20.8. The highest BCUT2D eigenvalue weighted by molar-refractivity contribution is 5.89. The molecule has 2 aliphatic rings. The Morgan fingerprint density at radius 3 is 2.54 bits per heavy atom. The summed E-state index contributed by atoms with van der Waals surface area (Å²) in [6.45, 7) is 4.72. The van der Waals surface area contributed by atoms with Crippen molar-refractivity contribution in [3.63, 3.8) is 0 Å². The first-order valence-corrected chi connectivity index (χ1v) is 8.39. The molecule has 1 aromatic rings. The Bertz CT molecular complexity index is 582. The number of hydrogen-bond donors (Lipinski definition) is 2. The number of nitrogens with one attached hydrogen (secondary N) is 2. The predicted octanol–water partition coefficient (Wildman–Crippen LogP) is 2.29. The van der Waals surface area contributed by atoms with Crippen LogP contribution in [0.3, 0.4) is 0 Å². The zero-order valence-corrected chi connectivity index (χ0v) is 14.8. The largest absolute Gasteiger partial charge is 0.462 e. The Balaban J connectivity index is 0.00000208. The monoisotopic (exact) mass is 352 g/mol. The predicted molar refractivity (Wildman–Crippen MR) is 94.1 cm³/mol. The fourth-order valence-corrected chi connectivity index (χ4v) is 3.48. The second-order valence-corrected chi connectivity index (χ2v) is 6.50. The average Bonchev–Trinajstić information content (AvgIpc) is 3.27. The molecule has 5 nitrogen and oxygen atoms in total. The van der Waals surface area contributed by atoms with Gasteiger partial charge in [0.05, 0.1) is 12.2 Å². The first kappa shape index (κ1) is 18.7. The lowest BCUT2D eigenvalue weighted by Crippen LogP contribution is -2.33. The van der Waals surface area contributed by atoms with Crippen LogP contribution in [0.4, 0.5) is 0 Å². The quantitative estimate of drug-likeness (QED) is 0.798. The van der Waals surface area contributed by atoms with Crippen LogP contribution in [-0.2, 0) is 16.1 Å². The van der Waals surface area contributed by atoms with Crippen molar-refractivity contribution in [1.29, 1.82) is 0 Å². The van der Waals surface area contributed by atoms with Crippen LogP contribution in [-0.4, -0.2) is 31.6 Å². The Morgan fingerprint density at radius 2 is 1.92 bits per heavy atom.